The Labute approximate surface area is 353 Å². The summed E-state index contributed by atoms with van der Waals surface area (Å²) in [6.45, 7) is 12.8. The second kappa shape index (κ2) is 16.3. The molecule has 330 valence electrons. The molecule has 61 heavy (non-hydrogen) atoms. The van der Waals surface area contributed by atoms with Crippen molar-refractivity contribution in [2.45, 2.75) is 135 Å². The van der Waals surface area contributed by atoms with Gasteiger partial charge in [-0.3, -0.25) is 14.4 Å². The number of Topliss-reactive ketones (excluding diaryl/α,β-unsaturated/α-hetero) is 1. The summed E-state index contributed by atoms with van der Waals surface area (Å²) in [6, 6.07) is 14.6. The lowest BCUT2D eigenvalue weighted by Crippen LogP contribution is -2.81. The van der Waals surface area contributed by atoms with Crippen LogP contribution in [-0.4, -0.2) is 111 Å². The molecular weight excluding hydrogens is 794 g/mol. The zero-order chi connectivity index (χ0) is 45.0. The summed E-state index contributed by atoms with van der Waals surface area (Å²) in [5.41, 5.74) is -8.34. The molecule has 16 nitrogen and oxygen atoms in total. The van der Waals surface area contributed by atoms with E-state index in [2.05, 4.69) is 5.32 Å². The van der Waals surface area contributed by atoms with Crippen molar-refractivity contribution in [2.24, 2.45) is 16.7 Å². The van der Waals surface area contributed by atoms with Gasteiger partial charge in [-0.15, -0.1) is 0 Å². The van der Waals surface area contributed by atoms with Gasteiger partial charge in [0, 0.05) is 32.1 Å². The maximum absolute atomic E-state index is 15.0. The highest BCUT2D eigenvalue weighted by molar-refractivity contribution is 5.94. The smallest absolute Gasteiger partial charge is 0.408 e. The molecule has 1 amide bonds. The van der Waals surface area contributed by atoms with Crippen LogP contribution in [0, 0.1) is 16.7 Å². The number of hydrogen-bond donors (Lipinski definition) is 4. The number of rotatable bonds is 9. The molecule has 16 heteroatoms. The van der Waals surface area contributed by atoms with Crippen LogP contribution in [0.3, 0.4) is 0 Å². The van der Waals surface area contributed by atoms with Crippen LogP contribution in [0.15, 0.2) is 71.8 Å². The molecule has 0 aromatic heterocycles. The number of alkyl carbamates (subject to hydrolysis) is 1. The zero-order valence-corrected chi connectivity index (χ0v) is 35.8. The number of carbonyl (C=O) groups excluding carboxylic acids is 6. The van der Waals surface area contributed by atoms with Gasteiger partial charge in [-0.1, -0.05) is 62.4 Å². The van der Waals surface area contributed by atoms with Crippen molar-refractivity contribution in [3.8, 4) is 0 Å². The van der Waals surface area contributed by atoms with Gasteiger partial charge in [0.1, 0.15) is 41.7 Å². The van der Waals surface area contributed by atoms with Crippen LogP contribution in [0.4, 0.5) is 4.79 Å². The van der Waals surface area contributed by atoms with E-state index in [0.717, 1.165) is 13.8 Å². The van der Waals surface area contributed by atoms with Gasteiger partial charge in [-0.25, -0.2) is 14.4 Å². The summed E-state index contributed by atoms with van der Waals surface area (Å²) >= 11 is 0. The van der Waals surface area contributed by atoms with Crippen molar-refractivity contribution in [3.63, 3.8) is 0 Å². The second-order valence-electron chi connectivity index (χ2n) is 18.2. The minimum Gasteiger partial charge on any atom is -0.455 e. The second-order valence-corrected chi connectivity index (χ2v) is 18.2. The van der Waals surface area contributed by atoms with E-state index in [-0.39, 0.29) is 29.7 Å². The monoisotopic (exact) mass is 849 g/mol. The van der Waals surface area contributed by atoms with Crippen molar-refractivity contribution < 1.29 is 72.5 Å². The predicted molar refractivity (Wildman–Crippen MR) is 213 cm³/mol. The molecule has 0 spiro atoms. The van der Waals surface area contributed by atoms with E-state index < -0.39 is 118 Å². The molecule has 1 saturated heterocycles. The summed E-state index contributed by atoms with van der Waals surface area (Å²) < 4.78 is 35.4. The van der Waals surface area contributed by atoms with Crippen molar-refractivity contribution in [2.75, 3.05) is 6.61 Å². The van der Waals surface area contributed by atoms with Gasteiger partial charge in [0.25, 0.3) is 0 Å². The summed E-state index contributed by atoms with van der Waals surface area (Å²) in [6.07, 6.45) is -11.5. The summed E-state index contributed by atoms with van der Waals surface area (Å²) in [4.78, 5) is 82.6. The zero-order valence-electron chi connectivity index (χ0n) is 35.8. The van der Waals surface area contributed by atoms with Crippen molar-refractivity contribution in [1.82, 2.24) is 5.32 Å². The highest BCUT2D eigenvalue weighted by Crippen LogP contribution is 2.64. The van der Waals surface area contributed by atoms with Crippen LogP contribution < -0.4 is 5.32 Å². The Morgan fingerprint density at radius 1 is 0.902 bits per heavy atom. The molecule has 6 rings (SSSR count). The van der Waals surface area contributed by atoms with E-state index in [4.69, 9.17) is 28.4 Å². The SMILES string of the molecule is CC(=O)O[C@@H](C(=O)O[C@H]1C[C@@]2(O)[C@@H](OC(=O)c3ccccc3)[C@@H]3[C@]4(OC(C)=O)CO[C@@H]4C[C@H](O)[C@@]3(C)C(=O)[C@H](O)C(=C1C)C2(C)C)[C@@H](NC(=O)OC(C)(C)C)c1ccccc1. The average molecular weight is 850 g/mol. The number of benzene rings is 2. The molecule has 1 aliphatic heterocycles. The third-order valence-electron chi connectivity index (χ3n) is 12.8. The summed E-state index contributed by atoms with van der Waals surface area (Å²) in [7, 11) is 0. The Bertz CT molecular complexity index is 2100. The molecule has 4 aliphatic rings. The molecule has 3 fully saturated rings. The Hall–Kier alpha value is -5.16. The van der Waals surface area contributed by atoms with Crippen LogP contribution in [-0.2, 0) is 47.6 Å². The Morgan fingerprint density at radius 3 is 2.05 bits per heavy atom. The molecule has 2 saturated carbocycles. The molecule has 3 aliphatic carbocycles. The molecule has 1 heterocycles. The first-order valence-electron chi connectivity index (χ1n) is 20.2. The number of carbonyl (C=O) groups is 6. The first-order chi connectivity index (χ1) is 28.4. The number of ketones is 1. The summed E-state index contributed by atoms with van der Waals surface area (Å²) in [5.74, 6) is -6.29. The minimum atomic E-state index is -2.39. The Balaban J connectivity index is 1.52. The molecule has 11 atom stereocenters. The highest BCUT2D eigenvalue weighted by atomic mass is 16.6. The number of fused-ring (bicyclic) bond motifs is 5. The van der Waals surface area contributed by atoms with E-state index in [1.807, 2.05) is 0 Å². The normalized spacial score (nSPS) is 32.5. The van der Waals surface area contributed by atoms with Crippen molar-refractivity contribution >= 4 is 35.8 Å². The number of aliphatic hydroxyl groups excluding tert-OH is 2. The standard InChI is InChI=1S/C45H55NO15/c1-23-28(58-39(53)34(57-24(2)47)32(26-16-12-10-13-17-26)46-40(54)61-41(4,5)6)21-45(55)37(59-38(52)27-18-14-11-15-19-27)35-43(9,36(51)33(50)31(23)42(45,7)8)29(49)20-30-44(35,22-56-30)60-25(3)48/h10-19,28-30,32-35,37,49-50,55H,20-22H2,1-9H3,(H,46,54)/t28-,29-,30+,32-,33+,34+,35-,37-,43+,44-,45+/m0/s1. The largest absolute Gasteiger partial charge is 0.455 e. The first-order valence-corrected chi connectivity index (χ1v) is 20.2. The predicted octanol–water partition coefficient (Wildman–Crippen LogP) is 3.83. The fraction of sp³-hybridized carbons (Fsp3) is 0.556. The van der Waals surface area contributed by atoms with E-state index in [1.165, 1.54) is 39.8 Å². The lowest BCUT2D eigenvalue weighted by atomic mass is 9.44. The number of ether oxygens (including phenoxy) is 6. The number of esters is 4. The molecule has 4 N–H and O–H groups in total. The maximum atomic E-state index is 15.0. The lowest BCUT2D eigenvalue weighted by Gasteiger charge is -2.67. The summed E-state index contributed by atoms with van der Waals surface area (Å²) in [5, 5.41) is 40.3. The van der Waals surface area contributed by atoms with Gasteiger partial charge in [0.05, 0.1) is 29.6 Å². The van der Waals surface area contributed by atoms with Crippen molar-refractivity contribution in [1.29, 1.82) is 0 Å². The third kappa shape index (κ3) is 7.94. The highest BCUT2D eigenvalue weighted by Gasteiger charge is 2.78. The number of aliphatic hydroxyl groups is 3. The Morgan fingerprint density at radius 2 is 1.51 bits per heavy atom. The van der Waals surface area contributed by atoms with Crippen molar-refractivity contribution in [3.05, 3.63) is 82.9 Å². The molecule has 0 radical (unpaired) electrons. The third-order valence-corrected chi connectivity index (χ3v) is 12.8. The molecule has 2 bridgehead atoms. The van der Waals surface area contributed by atoms with E-state index >= 15 is 4.79 Å². The number of amides is 1. The van der Waals surface area contributed by atoms with Gasteiger partial charge in [0.15, 0.2) is 11.4 Å². The van der Waals surface area contributed by atoms with Gasteiger partial charge < -0.3 is 49.1 Å². The van der Waals surface area contributed by atoms with Gasteiger partial charge in [-0.2, -0.15) is 0 Å². The number of hydrogen-bond acceptors (Lipinski definition) is 15. The van der Waals surface area contributed by atoms with Crippen LogP contribution >= 0.6 is 0 Å². The number of nitrogens with one attached hydrogen (secondary N) is 1. The minimum absolute atomic E-state index is 0.0673. The topological polar surface area (TPSA) is 231 Å². The van der Waals surface area contributed by atoms with E-state index in [1.54, 1.807) is 69.3 Å². The fourth-order valence-electron chi connectivity index (χ4n) is 9.84. The van der Waals surface area contributed by atoms with Crippen LogP contribution in [0.1, 0.15) is 97.1 Å². The molecule has 0 unspecified atom stereocenters. The van der Waals surface area contributed by atoms with Crippen LogP contribution in [0.5, 0.6) is 0 Å². The fourth-order valence-corrected chi connectivity index (χ4v) is 9.84. The Kier molecular flexibility index (Phi) is 12.1. The first kappa shape index (κ1) is 45.4. The van der Waals surface area contributed by atoms with Gasteiger partial charge in [-0.05, 0) is 63.5 Å². The quantitative estimate of drug-likeness (QED) is 0.160. The maximum Gasteiger partial charge on any atom is 0.408 e. The van der Waals surface area contributed by atoms with E-state index in [9.17, 15) is 39.3 Å². The molecule has 2 aromatic rings. The van der Waals surface area contributed by atoms with E-state index in [0.29, 0.717) is 5.56 Å². The van der Waals surface area contributed by atoms with Gasteiger partial charge in [0.2, 0.25) is 6.10 Å². The lowest BCUT2D eigenvalue weighted by molar-refractivity contribution is -0.346. The van der Waals surface area contributed by atoms with Gasteiger partial charge >= 0.3 is 30.0 Å². The average Bonchev–Trinajstić information content (AvgIpc) is 3.17. The van der Waals surface area contributed by atoms with Crippen LogP contribution in [0.25, 0.3) is 0 Å². The molecule has 2 aromatic carbocycles. The molecular formula is C45H55NO15. The van der Waals surface area contributed by atoms with Crippen LogP contribution in [0.2, 0.25) is 0 Å².